The number of aryl methyl sites for hydroxylation is 2. The smallest absolute Gasteiger partial charge is 0.282 e. The second-order valence-electron chi connectivity index (χ2n) is 2.30. The van der Waals surface area contributed by atoms with Gasteiger partial charge in [-0.25, -0.2) is 0 Å². The molecule has 0 radical (unpaired) electrons. The zero-order valence-electron chi connectivity index (χ0n) is 6.44. The fraction of sp³-hybridized carbons (Fsp3) is 0.400. The summed E-state index contributed by atoms with van der Waals surface area (Å²) < 4.78 is 31.3. The Balaban J connectivity index is 3.54. The van der Waals surface area contributed by atoms with Crippen molar-refractivity contribution >= 4 is 21.7 Å². The van der Waals surface area contributed by atoms with E-state index in [2.05, 4.69) is 5.10 Å². The summed E-state index contributed by atoms with van der Waals surface area (Å²) in [5.41, 5.74) is 0.185. The molecule has 0 saturated heterocycles. The van der Waals surface area contributed by atoms with Crippen molar-refractivity contribution in [2.75, 3.05) is 0 Å². The summed E-state index contributed by atoms with van der Waals surface area (Å²) in [5, 5.41) is 3.63. The Labute approximate surface area is 74.7 Å². The van der Waals surface area contributed by atoms with E-state index in [1.807, 2.05) is 0 Å². The largest absolute Gasteiger partial charge is 0.299 e. The third-order valence-corrected chi connectivity index (χ3v) is 2.91. The molecule has 0 aliphatic rings. The van der Waals surface area contributed by atoms with Gasteiger partial charge in [0.2, 0.25) is 0 Å². The van der Waals surface area contributed by atoms with Crippen molar-refractivity contribution in [3.8, 4) is 0 Å². The molecule has 68 valence electrons. The van der Waals surface area contributed by atoms with Crippen LogP contribution in [-0.4, -0.2) is 22.8 Å². The zero-order chi connectivity index (χ0) is 9.52. The van der Waals surface area contributed by atoms with Gasteiger partial charge in [-0.15, -0.1) is 0 Å². The number of aromatic nitrogens is 2. The SMILES string of the molecule is Cc1nn(C)c(Cl)c1S(=O)(=O)O. The molecule has 0 amide bonds. The van der Waals surface area contributed by atoms with Crippen molar-refractivity contribution in [1.82, 2.24) is 9.78 Å². The quantitative estimate of drug-likeness (QED) is 0.690. The second-order valence-corrected chi connectivity index (χ2v) is 4.02. The highest BCUT2D eigenvalue weighted by molar-refractivity contribution is 7.86. The molecule has 12 heavy (non-hydrogen) atoms. The van der Waals surface area contributed by atoms with E-state index >= 15 is 0 Å². The topological polar surface area (TPSA) is 72.2 Å². The predicted octanol–water partition coefficient (Wildman–Crippen LogP) is 0.629. The Kier molecular flexibility index (Phi) is 2.15. The van der Waals surface area contributed by atoms with Gasteiger partial charge in [-0.2, -0.15) is 13.5 Å². The number of halogens is 1. The maximum absolute atomic E-state index is 10.7. The highest BCUT2D eigenvalue weighted by atomic mass is 35.5. The molecule has 1 N–H and O–H groups in total. The minimum Gasteiger partial charge on any atom is -0.282 e. The van der Waals surface area contributed by atoms with E-state index in [1.165, 1.54) is 18.7 Å². The van der Waals surface area contributed by atoms with Crippen LogP contribution in [0.3, 0.4) is 0 Å². The molecule has 0 aromatic carbocycles. The molecule has 1 heterocycles. The van der Waals surface area contributed by atoms with Gasteiger partial charge in [-0.1, -0.05) is 11.6 Å². The van der Waals surface area contributed by atoms with Gasteiger partial charge in [0, 0.05) is 7.05 Å². The summed E-state index contributed by atoms with van der Waals surface area (Å²) in [6, 6.07) is 0. The molecule has 7 heteroatoms. The van der Waals surface area contributed by atoms with Gasteiger partial charge < -0.3 is 0 Å². The lowest BCUT2D eigenvalue weighted by Gasteiger charge is -1.93. The molecule has 0 unspecified atom stereocenters. The van der Waals surface area contributed by atoms with Crippen LogP contribution in [0.4, 0.5) is 0 Å². The standard InChI is InChI=1S/C5H7ClN2O3S/c1-3-4(12(9,10)11)5(6)8(2)7-3/h1-2H3,(H,9,10,11). The molecule has 0 atom stereocenters. The fourth-order valence-electron chi connectivity index (χ4n) is 0.904. The van der Waals surface area contributed by atoms with Gasteiger partial charge in [0.25, 0.3) is 10.1 Å². The summed E-state index contributed by atoms with van der Waals surface area (Å²) in [4.78, 5) is -0.327. The van der Waals surface area contributed by atoms with Gasteiger partial charge >= 0.3 is 0 Å². The molecule has 1 aromatic heterocycles. The van der Waals surface area contributed by atoms with E-state index in [1.54, 1.807) is 0 Å². The van der Waals surface area contributed by atoms with Crippen LogP contribution in [0, 0.1) is 6.92 Å². The summed E-state index contributed by atoms with van der Waals surface area (Å²) in [6.45, 7) is 1.45. The molecule has 1 rings (SSSR count). The molecule has 5 nitrogen and oxygen atoms in total. The van der Waals surface area contributed by atoms with Crippen LogP contribution >= 0.6 is 11.6 Å². The first-order chi connectivity index (χ1) is 5.34. The predicted molar refractivity (Wildman–Crippen MR) is 42.8 cm³/mol. The Morgan fingerprint density at radius 2 is 2.08 bits per heavy atom. The van der Waals surface area contributed by atoms with Crippen molar-refractivity contribution in [3.63, 3.8) is 0 Å². The number of hydrogen-bond acceptors (Lipinski definition) is 3. The van der Waals surface area contributed by atoms with E-state index in [9.17, 15) is 8.42 Å². The monoisotopic (exact) mass is 210 g/mol. The van der Waals surface area contributed by atoms with E-state index < -0.39 is 10.1 Å². The third-order valence-electron chi connectivity index (χ3n) is 1.36. The third kappa shape index (κ3) is 1.45. The van der Waals surface area contributed by atoms with E-state index in [0.29, 0.717) is 0 Å². The van der Waals surface area contributed by atoms with Crippen molar-refractivity contribution in [2.45, 2.75) is 11.8 Å². The lowest BCUT2D eigenvalue weighted by Crippen LogP contribution is -1.99. The first kappa shape index (κ1) is 9.50. The number of nitrogens with zero attached hydrogens (tertiary/aromatic N) is 2. The van der Waals surface area contributed by atoms with Gasteiger partial charge in [0.15, 0.2) is 4.90 Å². The van der Waals surface area contributed by atoms with Crippen molar-refractivity contribution in [1.29, 1.82) is 0 Å². The average Bonchev–Trinajstić information content (AvgIpc) is 2.05. The van der Waals surface area contributed by atoms with Crippen LogP contribution < -0.4 is 0 Å². The van der Waals surface area contributed by atoms with Crippen LogP contribution in [0.1, 0.15) is 5.69 Å². The Hall–Kier alpha value is -0.590. The minimum absolute atomic E-state index is 0.0880. The number of rotatable bonds is 1. The molecule has 0 fully saturated rings. The lowest BCUT2D eigenvalue weighted by atomic mass is 10.5. The fourth-order valence-corrected chi connectivity index (χ4v) is 2.13. The lowest BCUT2D eigenvalue weighted by molar-refractivity contribution is 0.482. The van der Waals surface area contributed by atoms with Crippen molar-refractivity contribution in [3.05, 3.63) is 10.8 Å². The van der Waals surface area contributed by atoms with E-state index in [4.69, 9.17) is 16.2 Å². The molecule has 0 aliphatic heterocycles. The molecule has 0 bridgehead atoms. The zero-order valence-corrected chi connectivity index (χ0v) is 8.02. The van der Waals surface area contributed by atoms with Crippen LogP contribution in [0.5, 0.6) is 0 Å². The molecule has 0 saturated carbocycles. The van der Waals surface area contributed by atoms with Crippen LogP contribution in [-0.2, 0) is 17.2 Å². The Bertz CT molecular complexity index is 409. The first-order valence-corrected chi connectivity index (χ1v) is 4.82. The Morgan fingerprint density at radius 3 is 2.25 bits per heavy atom. The van der Waals surface area contributed by atoms with Gasteiger partial charge in [-0.05, 0) is 6.92 Å². The average molecular weight is 211 g/mol. The first-order valence-electron chi connectivity index (χ1n) is 3.00. The maximum atomic E-state index is 10.7. The maximum Gasteiger partial charge on any atom is 0.299 e. The molecular formula is C5H7ClN2O3S. The van der Waals surface area contributed by atoms with Crippen LogP contribution in [0.2, 0.25) is 5.15 Å². The summed E-state index contributed by atoms with van der Waals surface area (Å²) in [6.07, 6.45) is 0. The minimum atomic E-state index is -4.26. The molecule has 0 aliphatic carbocycles. The van der Waals surface area contributed by atoms with Gasteiger partial charge in [0.1, 0.15) is 5.15 Å². The molecule has 0 spiro atoms. The summed E-state index contributed by atoms with van der Waals surface area (Å²) >= 11 is 5.56. The van der Waals surface area contributed by atoms with Gasteiger partial charge in [0.05, 0.1) is 5.69 Å². The van der Waals surface area contributed by atoms with E-state index in [0.717, 1.165) is 0 Å². The Morgan fingerprint density at radius 1 is 1.58 bits per heavy atom. The summed E-state index contributed by atoms with van der Waals surface area (Å²) in [7, 11) is -2.77. The van der Waals surface area contributed by atoms with Crippen LogP contribution in [0.15, 0.2) is 4.90 Å². The normalized spacial score (nSPS) is 12.0. The number of hydrogen-bond donors (Lipinski definition) is 1. The highest BCUT2D eigenvalue weighted by Gasteiger charge is 2.22. The van der Waals surface area contributed by atoms with Crippen molar-refractivity contribution < 1.29 is 13.0 Å². The second kappa shape index (κ2) is 2.72. The van der Waals surface area contributed by atoms with Crippen molar-refractivity contribution in [2.24, 2.45) is 7.05 Å². The van der Waals surface area contributed by atoms with Gasteiger partial charge in [-0.3, -0.25) is 9.23 Å². The highest BCUT2D eigenvalue weighted by Crippen LogP contribution is 2.23. The van der Waals surface area contributed by atoms with Crippen LogP contribution in [0.25, 0.3) is 0 Å². The van der Waals surface area contributed by atoms with E-state index in [-0.39, 0.29) is 15.7 Å². The molecule has 1 aromatic rings. The summed E-state index contributed by atoms with van der Waals surface area (Å²) in [5.74, 6) is 0. The molecular weight excluding hydrogens is 204 g/mol.